The third kappa shape index (κ3) is 3.23. The van der Waals surface area contributed by atoms with Crippen molar-refractivity contribution in [2.24, 2.45) is 0 Å². The van der Waals surface area contributed by atoms with Gasteiger partial charge in [-0.15, -0.1) is 0 Å². The average Bonchev–Trinajstić information content (AvgIpc) is 2.53. The highest BCUT2D eigenvalue weighted by Crippen LogP contribution is 2.25. The van der Waals surface area contributed by atoms with Gasteiger partial charge in [-0.3, -0.25) is 14.4 Å². The maximum Gasteiger partial charge on any atom is 0.270 e. The quantitative estimate of drug-likeness (QED) is 0.645. The van der Waals surface area contributed by atoms with E-state index in [0.717, 1.165) is 10.4 Å². The number of nitro groups is 1. The third-order valence-corrected chi connectivity index (χ3v) is 4.79. The minimum absolute atomic E-state index is 0.144. The van der Waals surface area contributed by atoms with Gasteiger partial charge in [0.2, 0.25) is 0 Å². The van der Waals surface area contributed by atoms with Crippen LogP contribution in [-0.2, 0) is 10.0 Å². The number of sulfonamides is 1. The Balaban J connectivity index is 2.50. The molecule has 0 atom stereocenters. The number of benzene rings is 2. The molecule has 0 bridgehead atoms. The largest absolute Gasteiger partial charge is 0.394 e. The van der Waals surface area contributed by atoms with Gasteiger partial charge in [0.05, 0.1) is 28.7 Å². The van der Waals surface area contributed by atoms with Crippen LogP contribution >= 0.6 is 0 Å². The lowest BCUT2D eigenvalue weighted by atomic mass is 10.3. The molecule has 0 spiro atoms. The van der Waals surface area contributed by atoms with E-state index in [1.165, 1.54) is 18.2 Å². The summed E-state index contributed by atoms with van der Waals surface area (Å²) in [7, 11) is -4.00. The Morgan fingerprint density at radius 1 is 1.09 bits per heavy atom. The number of aliphatic hydroxyl groups excluding tert-OH is 1. The van der Waals surface area contributed by atoms with Gasteiger partial charge in [0.1, 0.15) is 0 Å². The summed E-state index contributed by atoms with van der Waals surface area (Å²) >= 11 is 0. The van der Waals surface area contributed by atoms with Crippen LogP contribution in [0.15, 0.2) is 59.5 Å². The SMILES string of the molecule is O=[N+]([O-])c1cccc(S(=O)(=O)N(CCO)c2ccccc2)c1. The number of aliphatic hydroxyl groups is 1. The molecule has 0 aliphatic rings. The maximum absolute atomic E-state index is 12.7. The molecule has 2 rings (SSSR count). The second kappa shape index (κ2) is 6.54. The van der Waals surface area contributed by atoms with Crippen LogP contribution in [0.4, 0.5) is 11.4 Å². The molecule has 0 saturated carbocycles. The van der Waals surface area contributed by atoms with Gasteiger partial charge in [0.25, 0.3) is 15.7 Å². The predicted molar refractivity (Wildman–Crippen MR) is 81.2 cm³/mol. The molecule has 1 N–H and O–H groups in total. The van der Waals surface area contributed by atoms with Crippen molar-refractivity contribution in [3.05, 3.63) is 64.7 Å². The van der Waals surface area contributed by atoms with E-state index in [1.807, 2.05) is 0 Å². The molecule has 8 heteroatoms. The molecule has 0 saturated heterocycles. The van der Waals surface area contributed by atoms with Gasteiger partial charge in [0, 0.05) is 12.1 Å². The van der Waals surface area contributed by atoms with Gasteiger partial charge in [-0.1, -0.05) is 24.3 Å². The highest BCUT2D eigenvalue weighted by atomic mass is 32.2. The molecule has 0 radical (unpaired) electrons. The van der Waals surface area contributed by atoms with Crippen LogP contribution < -0.4 is 4.31 Å². The third-order valence-electron chi connectivity index (χ3n) is 2.96. The number of hydrogen-bond donors (Lipinski definition) is 1. The van der Waals surface area contributed by atoms with Crippen LogP contribution in [0.2, 0.25) is 0 Å². The fraction of sp³-hybridized carbons (Fsp3) is 0.143. The first kappa shape index (κ1) is 15.9. The number of nitrogens with zero attached hydrogens (tertiary/aromatic N) is 2. The van der Waals surface area contributed by atoms with E-state index in [4.69, 9.17) is 5.11 Å². The maximum atomic E-state index is 12.7. The first-order chi connectivity index (χ1) is 10.5. The normalized spacial score (nSPS) is 11.1. The van der Waals surface area contributed by atoms with Crippen molar-refractivity contribution in [2.75, 3.05) is 17.5 Å². The summed E-state index contributed by atoms with van der Waals surface area (Å²) in [5, 5.41) is 19.9. The molecule has 0 aliphatic carbocycles. The van der Waals surface area contributed by atoms with Crippen LogP contribution in [-0.4, -0.2) is 31.6 Å². The van der Waals surface area contributed by atoms with E-state index in [1.54, 1.807) is 30.3 Å². The van der Waals surface area contributed by atoms with Crippen LogP contribution in [0.25, 0.3) is 0 Å². The zero-order valence-electron chi connectivity index (χ0n) is 11.5. The van der Waals surface area contributed by atoms with Gasteiger partial charge in [-0.05, 0) is 18.2 Å². The van der Waals surface area contributed by atoms with E-state index in [9.17, 15) is 18.5 Å². The molecule has 0 aliphatic heterocycles. The number of rotatable bonds is 6. The number of anilines is 1. The fourth-order valence-corrected chi connectivity index (χ4v) is 3.45. The Labute approximate surface area is 127 Å². The zero-order chi connectivity index (χ0) is 16.2. The van der Waals surface area contributed by atoms with Gasteiger partial charge >= 0.3 is 0 Å². The van der Waals surface area contributed by atoms with Crippen LogP contribution in [0.5, 0.6) is 0 Å². The molecule has 0 aromatic heterocycles. The fourth-order valence-electron chi connectivity index (χ4n) is 1.96. The molecule has 7 nitrogen and oxygen atoms in total. The standard InChI is InChI=1S/C14H14N2O5S/c17-10-9-15(12-5-2-1-3-6-12)22(20,21)14-8-4-7-13(11-14)16(18)19/h1-8,11,17H,9-10H2. The van der Waals surface area contributed by atoms with Crippen LogP contribution in [0.3, 0.4) is 0 Å². The minimum atomic E-state index is -4.00. The Bertz CT molecular complexity index is 762. The van der Waals surface area contributed by atoms with Gasteiger partial charge in [-0.2, -0.15) is 0 Å². The summed E-state index contributed by atoms with van der Waals surface area (Å²) in [6.45, 7) is -0.516. The second-order valence-electron chi connectivity index (χ2n) is 4.39. The molecular weight excluding hydrogens is 308 g/mol. The van der Waals surface area contributed by atoms with Crippen molar-refractivity contribution in [1.82, 2.24) is 0 Å². The van der Waals surface area contributed by atoms with Crippen molar-refractivity contribution in [3.63, 3.8) is 0 Å². The van der Waals surface area contributed by atoms with Crippen molar-refractivity contribution in [1.29, 1.82) is 0 Å². The van der Waals surface area contributed by atoms with E-state index in [2.05, 4.69) is 0 Å². The van der Waals surface area contributed by atoms with E-state index >= 15 is 0 Å². The highest BCUT2D eigenvalue weighted by Gasteiger charge is 2.26. The zero-order valence-corrected chi connectivity index (χ0v) is 12.3. The molecule has 0 heterocycles. The Hall–Kier alpha value is -2.45. The predicted octanol–water partition coefficient (Wildman–Crippen LogP) is 1.78. The van der Waals surface area contributed by atoms with Crippen LogP contribution in [0, 0.1) is 10.1 Å². The lowest BCUT2D eigenvalue weighted by Crippen LogP contribution is -2.33. The monoisotopic (exact) mass is 322 g/mol. The van der Waals surface area contributed by atoms with Crippen LogP contribution in [0.1, 0.15) is 0 Å². The number of hydrogen-bond acceptors (Lipinski definition) is 5. The highest BCUT2D eigenvalue weighted by molar-refractivity contribution is 7.92. The van der Waals surface area contributed by atoms with E-state index < -0.39 is 14.9 Å². The lowest BCUT2D eigenvalue weighted by molar-refractivity contribution is -0.385. The van der Waals surface area contributed by atoms with Gasteiger partial charge in [0.15, 0.2) is 0 Å². The average molecular weight is 322 g/mol. The molecular formula is C14H14N2O5S. The molecule has 0 fully saturated rings. The van der Waals surface area contributed by atoms with E-state index in [0.29, 0.717) is 5.69 Å². The molecule has 2 aromatic rings. The first-order valence-electron chi connectivity index (χ1n) is 6.40. The summed E-state index contributed by atoms with van der Waals surface area (Å²) in [6.07, 6.45) is 0. The summed E-state index contributed by atoms with van der Waals surface area (Å²) < 4.78 is 26.4. The lowest BCUT2D eigenvalue weighted by Gasteiger charge is -2.23. The number of non-ortho nitro benzene ring substituents is 1. The molecule has 22 heavy (non-hydrogen) atoms. The molecule has 2 aromatic carbocycles. The molecule has 116 valence electrons. The minimum Gasteiger partial charge on any atom is -0.394 e. The topological polar surface area (TPSA) is 101 Å². The van der Waals surface area contributed by atoms with E-state index in [-0.39, 0.29) is 23.7 Å². The Kier molecular flexibility index (Phi) is 4.74. The molecule has 0 unspecified atom stereocenters. The van der Waals surface area contributed by atoms with Gasteiger partial charge in [-0.25, -0.2) is 8.42 Å². The summed E-state index contributed by atoms with van der Waals surface area (Å²) in [4.78, 5) is 9.95. The second-order valence-corrected chi connectivity index (χ2v) is 6.25. The summed E-state index contributed by atoms with van der Waals surface area (Å²) in [6, 6.07) is 13.1. The number of nitro benzene ring substituents is 1. The van der Waals surface area contributed by atoms with Crippen molar-refractivity contribution < 1.29 is 18.4 Å². The van der Waals surface area contributed by atoms with Crippen molar-refractivity contribution in [3.8, 4) is 0 Å². The van der Waals surface area contributed by atoms with Gasteiger partial charge < -0.3 is 5.11 Å². The Morgan fingerprint density at radius 3 is 2.36 bits per heavy atom. The first-order valence-corrected chi connectivity index (χ1v) is 7.84. The molecule has 0 amide bonds. The summed E-state index contributed by atoms with van der Waals surface area (Å²) in [5.74, 6) is 0. The van der Waals surface area contributed by atoms with Crippen molar-refractivity contribution in [2.45, 2.75) is 4.90 Å². The summed E-state index contributed by atoms with van der Waals surface area (Å²) in [5.41, 5.74) is 0.0705. The smallest absolute Gasteiger partial charge is 0.270 e. The Morgan fingerprint density at radius 2 is 1.77 bits per heavy atom. The number of para-hydroxylation sites is 1. The van der Waals surface area contributed by atoms with Crippen molar-refractivity contribution >= 4 is 21.4 Å².